The van der Waals surface area contributed by atoms with Crippen molar-refractivity contribution >= 4 is 0 Å². The topological polar surface area (TPSA) is 110 Å². The van der Waals surface area contributed by atoms with Crippen molar-refractivity contribution in [1.29, 1.82) is 0 Å². The number of phenolic OH excluding ortho intramolecular Hbond substituents is 4. The summed E-state index contributed by atoms with van der Waals surface area (Å²) in [6.45, 7) is 0. The van der Waals surface area contributed by atoms with E-state index in [1.807, 2.05) is 0 Å². The van der Waals surface area contributed by atoms with Crippen LogP contribution in [0.15, 0.2) is 30.3 Å². The van der Waals surface area contributed by atoms with Crippen molar-refractivity contribution < 1.29 is 30.3 Å². The summed E-state index contributed by atoms with van der Waals surface area (Å²) in [5, 5.41) is 48.2. The Kier molecular flexibility index (Phi) is 3.03. The minimum atomic E-state index is -1.21. The molecule has 2 aromatic carbocycles. The Morgan fingerprint density at radius 2 is 1.67 bits per heavy atom. The summed E-state index contributed by atoms with van der Waals surface area (Å²) in [5.74, 6) is -1.23. The van der Waals surface area contributed by atoms with E-state index < -0.39 is 12.2 Å². The second-order valence-corrected chi connectivity index (χ2v) is 5.02. The molecule has 2 aromatic rings. The predicted molar refractivity (Wildman–Crippen MR) is 72.6 cm³/mol. The third-order valence-corrected chi connectivity index (χ3v) is 3.58. The molecule has 21 heavy (non-hydrogen) atoms. The molecule has 0 aromatic heterocycles. The molecule has 0 fully saturated rings. The lowest BCUT2D eigenvalue weighted by molar-refractivity contribution is -0.0497. The fourth-order valence-corrected chi connectivity index (χ4v) is 2.54. The SMILES string of the molecule is Oc1cc(O)c2c(c1)C[C@H](c1ccc(O)c(O)c1)[C@@H](O)O2. The fourth-order valence-electron chi connectivity index (χ4n) is 2.54. The molecule has 2 atom stereocenters. The quantitative estimate of drug-likeness (QED) is 0.510. The van der Waals surface area contributed by atoms with Gasteiger partial charge in [0.05, 0.1) is 5.92 Å². The number of hydrogen-bond acceptors (Lipinski definition) is 6. The van der Waals surface area contributed by atoms with Gasteiger partial charge >= 0.3 is 0 Å². The molecule has 0 saturated heterocycles. The summed E-state index contributed by atoms with van der Waals surface area (Å²) in [7, 11) is 0. The highest BCUT2D eigenvalue weighted by atomic mass is 16.6. The zero-order valence-corrected chi connectivity index (χ0v) is 10.9. The number of hydrogen-bond donors (Lipinski definition) is 5. The van der Waals surface area contributed by atoms with Crippen molar-refractivity contribution in [3.63, 3.8) is 0 Å². The van der Waals surface area contributed by atoms with Crippen LogP contribution in [0.4, 0.5) is 0 Å². The molecular formula is C15H14O6. The van der Waals surface area contributed by atoms with Crippen molar-refractivity contribution in [3.05, 3.63) is 41.5 Å². The molecule has 6 heteroatoms. The van der Waals surface area contributed by atoms with Crippen LogP contribution in [-0.4, -0.2) is 31.8 Å². The van der Waals surface area contributed by atoms with Gasteiger partial charge in [0.25, 0.3) is 0 Å². The third-order valence-electron chi connectivity index (χ3n) is 3.58. The number of aliphatic hydroxyl groups is 1. The number of aliphatic hydroxyl groups excluding tert-OH is 1. The first-order chi connectivity index (χ1) is 9.95. The Labute approximate surface area is 120 Å². The maximum Gasteiger partial charge on any atom is 0.204 e. The molecule has 0 unspecified atom stereocenters. The van der Waals surface area contributed by atoms with E-state index in [1.54, 1.807) is 6.07 Å². The highest BCUT2D eigenvalue weighted by Crippen LogP contribution is 2.43. The lowest BCUT2D eigenvalue weighted by atomic mass is 9.88. The van der Waals surface area contributed by atoms with Crippen LogP contribution in [0.1, 0.15) is 17.0 Å². The first kappa shape index (κ1) is 13.4. The van der Waals surface area contributed by atoms with E-state index in [1.165, 1.54) is 18.2 Å². The molecule has 6 nitrogen and oxygen atoms in total. The van der Waals surface area contributed by atoms with Gasteiger partial charge < -0.3 is 30.3 Å². The molecular weight excluding hydrogens is 276 g/mol. The number of fused-ring (bicyclic) bond motifs is 1. The molecule has 0 saturated carbocycles. The fraction of sp³-hybridized carbons (Fsp3) is 0.200. The molecule has 1 aliphatic rings. The summed E-state index contributed by atoms with van der Waals surface area (Å²) >= 11 is 0. The molecule has 1 aliphatic heterocycles. The van der Waals surface area contributed by atoms with Gasteiger partial charge in [0.2, 0.25) is 6.29 Å². The Balaban J connectivity index is 2.00. The Morgan fingerprint density at radius 1 is 0.905 bits per heavy atom. The van der Waals surface area contributed by atoms with Crippen molar-refractivity contribution in [2.45, 2.75) is 18.6 Å². The average Bonchev–Trinajstić information content (AvgIpc) is 2.42. The minimum Gasteiger partial charge on any atom is -0.508 e. The van der Waals surface area contributed by atoms with Crippen molar-refractivity contribution in [2.24, 2.45) is 0 Å². The van der Waals surface area contributed by atoms with Gasteiger partial charge in [0.1, 0.15) is 5.75 Å². The zero-order chi connectivity index (χ0) is 15.1. The monoisotopic (exact) mass is 290 g/mol. The molecule has 110 valence electrons. The van der Waals surface area contributed by atoms with Crippen LogP contribution in [0.5, 0.6) is 28.7 Å². The van der Waals surface area contributed by atoms with Crippen LogP contribution in [0.2, 0.25) is 0 Å². The number of benzene rings is 2. The predicted octanol–water partition coefficient (Wildman–Crippen LogP) is 1.55. The second-order valence-electron chi connectivity index (χ2n) is 5.02. The molecule has 5 N–H and O–H groups in total. The standard InChI is InChI=1S/C15H14O6/c16-9-3-8-4-10(7-1-2-11(17)12(18)5-7)15(20)21-14(8)13(19)6-9/h1-3,5-6,10,15-20H,4H2/t10-,15+/m1/s1. The van der Waals surface area contributed by atoms with E-state index >= 15 is 0 Å². The zero-order valence-electron chi connectivity index (χ0n) is 10.9. The summed E-state index contributed by atoms with van der Waals surface area (Å²) < 4.78 is 5.31. The van der Waals surface area contributed by atoms with Gasteiger partial charge in [-0.15, -0.1) is 0 Å². The summed E-state index contributed by atoms with van der Waals surface area (Å²) in [6.07, 6.45) is -0.903. The highest BCUT2D eigenvalue weighted by molar-refractivity contribution is 5.53. The smallest absolute Gasteiger partial charge is 0.204 e. The normalized spacial score (nSPS) is 20.6. The van der Waals surface area contributed by atoms with Crippen molar-refractivity contribution in [3.8, 4) is 28.7 Å². The maximum atomic E-state index is 10.1. The van der Waals surface area contributed by atoms with Gasteiger partial charge in [-0.05, 0) is 30.2 Å². The van der Waals surface area contributed by atoms with E-state index in [0.29, 0.717) is 17.5 Å². The van der Waals surface area contributed by atoms with Crippen LogP contribution >= 0.6 is 0 Å². The van der Waals surface area contributed by atoms with E-state index in [4.69, 9.17) is 4.74 Å². The van der Waals surface area contributed by atoms with Gasteiger partial charge in [0.15, 0.2) is 23.0 Å². The minimum absolute atomic E-state index is 0.0986. The number of aromatic hydroxyl groups is 4. The molecule has 0 spiro atoms. The third kappa shape index (κ3) is 2.30. The van der Waals surface area contributed by atoms with E-state index in [0.717, 1.165) is 6.07 Å². The first-order valence-electron chi connectivity index (χ1n) is 6.37. The Morgan fingerprint density at radius 3 is 2.38 bits per heavy atom. The van der Waals surface area contributed by atoms with Gasteiger partial charge in [0, 0.05) is 11.6 Å². The summed E-state index contributed by atoms with van der Waals surface area (Å²) in [5.41, 5.74) is 1.13. The van der Waals surface area contributed by atoms with E-state index in [9.17, 15) is 25.5 Å². The molecule has 0 amide bonds. The molecule has 1 heterocycles. The lowest BCUT2D eigenvalue weighted by Crippen LogP contribution is -2.31. The van der Waals surface area contributed by atoms with Crippen LogP contribution in [0.25, 0.3) is 0 Å². The van der Waals surface area contributed by atoms with E-state index in [2.05, 4.69) is 0 Å². The molecule has 0 radical (unpaired) electrons. The van der Waals surface area contributed by atoms with Gasteiger partial charge in [-0.2, -0.15) is 0 Å². The molecule has 0 bridgehead atoms. The molecule has 3 rings (SSSR count). The van der Waals surface area contributed by atoms with Gasteiger partial charge in [-0.25, -0.2) is 0 Å². The largest absolute Gasteiger partial charge is 0.508 e. The Bertz CT molecular complexity index is 697. The van der Waals surface area contributed by atoms with Crippen LogP contribution in [-0.2, 0) is 6.42 Å². The molecule has 0 aliphatic carbocycles. The van der Waals surface area contributed by atoms with Crippen LogP contribution in [0, 0.1) is 0 Å². The Hall–Kier alpha value is -2.60. The maximum absolute atomic E-state index is 10.1. The van der Waals surface area contributed by atoms with E-state index in [-0.39, 0.29) is 28.7 Å². The first-order valence-corrected chi connectivity index (χ1v) is 6.37. The summed E-state index contributed by atoms with van der Waals surface area (Å²) in [4.78, 5) is 0. The number of phenols is 4. The number of ether oxygens (including phenoxy) is 1. The average molecular weight is 290 g/mol. The van der Waals surface area contributed by atoms with Gasteiger partial charge in [-0.1, -0.05) is 6.07 Å². The lowest BCUT2D eigenvalue weighted by Gasteiger charge is -2.31. The number of rotatable bonds is 1. The van der Waals surface area contributed by atoms with Crippen molar-refractivity contribution in [1.82, 2.24) is 0 Å². The van der Waals surface area contributed by atoms with Crippen molar-refractivity contribution in [2.75, 3.05) is 0 Å². The van der Waals surface area contributed by atoms with Crippen LogP contribution in [0.3, 0.4) is 0 Å². The summed E-state index contributed by atoms with van der Waals surface area (Å²) in [6, 6.07) is 6.83. The second kappa shape index (κ2) is 4.75. The van der Waals surface area contributed by atoms with Gasteiger partial charge in [-0.3, -0.25) is 0 Å². The highest BCUT2D eigenvalue weighted by Gasteiger charge is 2.32. The van der Waals surface area contributed by atoms with Crippen LogP contribution < -0.4 is 4.74 Å².